The molecule has 1 heterocycles. The van der Waals surface area contributed by atoms with Gasteiger partial charge in [-0.3, -0.25) is 9.69 Å². The van der Waals surface area contributed by atoms with Crippen molar-refractivity contribution in [3.05, 3.63) is 48.0 Å². The summed E-state index contributed by atoms with van der Waals surface area (Å²) in [4.78, 5) is 23.2. The lowest BCUT2D eigenvalue weighted by Gasteiger charge is -2.21. The van der Waals surface area contributed by atoms with Crippen LogP contribution in [0.1, 0.15) is 24.8 Å². The van der Waals surface area contributed by atoms with Gasteiger partial charge in [0.05, 0.1) is 11.8 Å². The highest BCUT2D eigenvalue weighted by molar-refractivity contribution is 7.99. The molecule has 5 nitrogen and oxygen atoms in total. The van der Waals surface area contributed by atoms with E-state index in [0.29, 0.717) is 13.0 Å². The average Bonchev–Trinajstić information content (AvgIpc) is 3.19. The Bertz CT molecular complexity index is 986. The second-order valence-corrected chi connectivity index (χ2v) is 9.95. The van der Waals surface area contributed by atoms with Crippen LogP contribution >= 0.6 is 23.1 Å². The maximum Gasteiger partial charge on any atom is 0.228 e. The number of carbonyl (C=O) groups is 1. The van der Waals surface area contributed by atoms with Gasteiger partial charge in [-0.25, -0.2) is 4.98 Å². The molecule has 1 amide bonds. The molecular formula is C24H31N3O2S2. The molecule has 0 N–H and O–H groups in total. The number of carbonyl (C=O) groups excluding carboxylic acids is 1. The third-order valence-electron chi connectivity index (χ3n) is 4.93. The third-order valence-corrected chi connectivity index (χ3v) is 7.08. The molecule has 2 aromatic carbocycles. The number of para-hydroxylation sites is 1. The van der Waals surface area contributed by atoms with Crippen LogP contribution in [-0.4, -0.2) is 55.8 Å². The molecule has 0 saturated heterocycles. The lowest BCUT2D eigenvalue weighted by molar-refractivity contribution is -0.118. The number of hydrogen-bond donors (Lipinski definition) is 0. The number of aromatic nitrogens is 1. The first kappa shape index (κ1) is 23.6. The molecule has 7 heteroatoms. The molecule has 0 saturated carbocycles. The highest BCUT2D eigenvalue weighted by atomic mass is 32.2. The van der Waals surface area contributed by atoms with Crippen molar-refractivity contribution in [2.75, 3.05) is 44.9 Å². The van der Waals surface area contributed by atoms with Crippen LogP contribution in [0.4, 0.5) is 5.13 Å². The van der Waals surface area contributed by atoms with Crippen LogP contribution in [0.3, 0.4) is 0 Å². The number of aryl methyl sites for hydroxylation is 1. The first-order valence-electron chi connectivity index (χ1n) is 10.6. The molecule has 31 heavy (non-hydrogen) atoms. The van der Waals surface area contributed by atoms with Crippen LogP contribution in [0.2, 0.25) is 0 Å². The Morgan fingerprint density at radius 2 is 1.87 bits per heavy atom. The lowest BCUT2D eigenvalue weighted by atomic mass is 10.2. The van der Waals surface area contributed by atoms with Crippen molar-refractivity contribution in [2.24, 2.45) is 0 Å². The fourth-order valence-electron chi connectivity index (χ4n) is 3.25. The number of amides is 1. The van der Waals surface area contributed by atoms with E-state index in [1.807, 2.05) is 23.1 Å². The van der Waals surface area contributed by atoms with Crippen LogP contribution in [0.15, 0.2) is 47.4 Å². The number of methoxy groups -OCH3 is 1. The Labute approximate surface area is 193 Å². The number of rotatable bonds is 11. The normalized spacial score (nSPS) is 11.3. The van der Waals surface area contributed by atoms with Gasteiger partial charge >= 0.3 is 0 Å². The number of thiazole rings is 1. The first-order valence-corrected chi connectivity index (χ1v) is 12.4. The largest absolute Gasteiger partial charge is 0.494 e. The van der Waals surface area contributed by atoms with E-state index < -0.39 is 0 Å². The van der Waals surface area contributed by atoms with Crippen molar-refractivity contribution in [2.45, 2.75) is 31.1 Å². The lowest BCUT2D eigenvalue weighted by Crippen LogP contribution is -2.33. The fourth-order valence-corrected chi connectivity index (χ4v) is 5.13. The molecule has 0 radical (unpaired) electrons. The smallest absolute Gasteiger partial charge is 0.228 e. The first-order chi connectivity index (χ1) is 15.0. The van der Waals surface area contributed by atoms with E-state index in [9.17, 15) is 4.79 Å². The molecule has 0 aliphatic carbocycles. The maximum absolute atomic E-state index is 13.1. The molecule has 0 bridgehead atoms. The Morgan fingerprint density at radius 3 is 2.58 bits per heavy atom. The average molecular weight is 458 g/mol. The van der Waals surface area contributed by atoms with Crippen molar-refractivity contribution in [3.63, 3.8) is 0 Å². The van der Waals surface area contributed by atoms with Gasteiger partial charge in [0.15, 0.2) is 5.13 Å². The van der Waals surface area contributed by atoms with Crippen LogP contribution in [0.25, 0.3) is 10.2 Å². The number of benzene rings is 2. The minimum absolute atomic E-state index is 0.140. The Kier molecular flexibility index (Phi) is 8.75. The molecule has 0 unspecified atom stereocenters. The number of anilines is 1. The summed E-state index contributed by atoms with van der Waals surface area (Å²) in [6.45, 7) is 3.70. The standard InChI is InChI=1S/C24H31N3O2S2/c1-18-11-13-19(14-12-18)30-17-6-10-22(28)27(16-7-15-26(2)3)24-25-23-20(29-4)8-5-9-21(23)31-24/h5,8-9,11-14H,6-7,10,15-17H2,1-4H3. The SMILES string of the molecule is COc1cccc2sc(N(CCCN(C)C)C(=O)CCCSc3ccc(C)cc3)nc12. The van der Waals surface area contributed by atoms with Gasteiger partial charge in [-0.2, -0.15) is 0 Å². The van der Waals surface area contributed by atoms with Crippen molar-refractivity contribution >= 4 is 44.4 Å². The second-order valence-electron chi connectivity index (χ2n) is 7.77. The minimum atomic E-state index is 0.140. The summed E-state index contributed by atoms with van der Waals surface area (Å²) in [5.41, 5.74) is 2.09. The monoisotopic (exact) mass is 457 g/mol. The van der Waals surface area contributed by atoms with E-state index in [-0.39, 0.29) is 5.91 Å². The molecule has 0 aliphatic heterocycles. The molecule has 166 valence electrons. The molecule has 0 aliphatic rings. The molecule has 0 fully saturated rings. The van der Waals surface area contributed by atoms with Crippen molar-refractivity contribution in [1.82, 2.24) is 9.88 Å². The molecule has 1 aromatic heterocycles. The van der Waals surface area contributed by atoms with E-state index in [1.54, 1.807) is 30.2 Å². The summed E-state index contributed by atoms with van der Waals surface area (Å²) < 4.78 is 6.49. The van der Waals surface area contributed by atoms with Gasteiger partial charge in [0, 0.05) is 17.9 Å². The summed E-state index contributed by atoms with van der Waals surface area (Å²) in [5.74, 6) is 1.81. The van der Waals surface area contributed by atoms with Crippen LogP contribution in [0.5, 0.6) is 5.75 Å². The van der Waals surface area contributed by atoms with Crippen molar-refractivity contribution in [3.8, 4) is 5.75 Å². The maximum atomic E-state index is 13.1. The van der Waals surface area contributed by atoms with Crippen LogP contribution in [0, 0.1) is 6.92 Å². The number of fused-ring (bicyclic) bond motifs is 1. The Hall–Kier alpha value is -2.09. The summed E-state index contributed by atoms with van der Waals surface area (Å²) in [6, 6.07) is 14.4. The Morgan fingerprint density at radius 1 is 1.10 bits per heavy atom. The van der Waals surface area contributed by atoms with E-state index in [4.69, 9.17) is 9.72 Å². The summed E-state index contributed by atoms with van der Waals surface area (Å²) in [7, 11) is 5.76. The third kappa shape index (κ3) is 6.69. The molecule has 0 spiro atoms. The Balaban J connectivity index is 1.66. The van der Waals surface area contributed by atoms with Gasteiger partial charge in [0.2, 0.25) is 5.91 Å². The van der Waals surface area contributed by atoms with Crippen molar-refractivity contribution in [1.29, 1.82) is 0 Å². The predicted molar refractivity (Wildman–Crippen MR) is 133 cm³/mol. The minimum Gasteiger partial charge on any atom is -0.494 e. The van der Waals surface area contributed by atoms with E-state index in [1.165, 1.54) is 10.5 Å². The summed E-state index contributed by atoms with van der Waals surface area (Å²) in [5, 5.41) is 0.759. The van der Waals surface area contributed by atoms with E-state index in [2.05, 4.69) is 50.2 Å². The summed E-state index contributed by atoms with van der Waals surface area (Å²) >= 11 is 3.36. The molecule has 3 rings (SSSR count). The van der Waals surface area contributed by atoms with Gasteiger partial charge < -0.3 is 9.64 Å². The van der Waals surface area contributed by atoms with Crippen LogP contribution < -0.4 is 9.64 Å². The topological polar surface area (TPSA) is 45.7 Å². The molecular weight excluding hydrogens is 426 g/mol. The van der Waals surface area contributed by atoms with Gasteiger partial charge in [0.25, 0.3) is 0 Å². The van der Waals surface area contributed by atoms with Crippen molar-refractivity contribution < 1.29 is 9.53 Å². The van der Waals surface area contributed by atoms with Gasteiger partial charge in [-0.05, 0) is 70.4 Å². The van der Waals surface area contributed by atoms with E-state index in [0.717, 1.165) is 46.2 Å². The predicted octanol–water partition coefficient (Wildman–Crippen LogP) is 5.47. The number of thioether (sulfide) groups is 1. The highest BCUT2D eigenvalue weighted by Gasteiger charge is 2.20. The van der Waals surface area contributed by atoms with Crippen LogP contribution in [-0.2, 0) is 4.79 Å². The number of hydrogen-bond acceptors (Lipinski definition) is 6. The summed E-state index contributed by atoms with van der Waals surface area (Å²) in [6.07, 6.45) is 2.27. The number of nitrogens with zero attached hydrogens (tertiary/aromatic N) is 3. The zero-order chi connectivity index (χ0) is 22.2. The van der Waals surface area contributed by atoms with Gasteiger partial charge in [-0.15, -0.1) is 11.8 Å². The van der Waals surface area contributed by atoms with Gasteiger partial charge in [-0.1, -0.05) is 35.1 Å². The molecule has 3 aromatic rings. The van der Waals surface area contributed by atoms with E-state index >= 15 is 0 Å². The zero-order valence-corrected chi connectivity index (χ0v) is 20.4. The quantitative estimate of drug-likeness (QED) is 0.282. The number of ether oxygens (including phenoxy) is 1. The van der Waals surface area contributed by atoms with Gasteiger partial charge in [0.1, 0.15) is 11.3 Å². The zero-order valence-electron chi connectivity index (χ0n) is 18.8. The fraction of sp³-hybridized carbons (Fsp3) is 0.417. The molecule has 0 atom stereocenters. The second kappa shape index (κ2) is 11.5. The highest BCUT2D eigenvalue weighted by Crippen LogP contribution is 2.34.